The summed E-state index contributed by atoms with van der Waals surface area (Å²) in [5.74, 6) is -1.73. The number of ketones is 1. The number of thiazole rings is 1. The van der Waals surface area contributed by atoms with E-state index in [-0.39, 0.29) is 5.57 Å². The van der Waals surface area contributed by atoms with Crippen molar-refractivity contribution < 1.29 is 23.8 Å². The highest BCUT2D eigenvalue weighted by molar-refractivity contribution is 7.22. The number of hydrogen-bond acceptors (Lipinski definition) is 7. The van der Waals surface area contributed by atoms with E-state index in [4.69, 9.17) is 4.74 Å². The van der Waals surface area contributed by atoms with E-state index in [1.807, 2.05) is 13.0 Å². The lowest BCUT2D eigenvalue weighted by atomic mass is 9.95. The average Bonchev–Trinajstić information content (AvgIpc) is 3.52. The number of halogens is 1. The molecule has 0 bridgehead atoms. The highest BCUT2D eigenvalue weighted by Gasteiger charge is 2.46. The summed E-state index contributed by atoms with van der Waals surface area (Å²) in [6.07, 6.45) is 0. The molecule has 1 atom stereocenters. The van der Waals surface area contributed by atoms with Crippen LogP contribution in [-0.4, -0.2) is 28.4 Å². The number of anilines is 1. The van der Waals surface area contributed by atoms with Gasteiger partial charge in [-0.1, -0.05) is 29.5 Å². The van der Waals surface area contributed by atoms with Crippen LogP contribution in [0.2, 0.25) is 0 Å². The molecule has 9 heteroatoms. The van der Waals surface area contributed by atoms with Gasteiger partial charge in [-0.05, 0) is 54.3 Å². The molecule has 0 spiro atoms. The van der Waals surface area contributed by atoms with Gasteiger partial charge in [-0.2, -0.15) is 0 Å². The smallest absolute Gasteiger partial charge is 0.296 e. The number of nitrogens with zero attached hydrogens (tertiary/aromatic N) is 2. The summed E-state index contributed by atoms with van der Waals surface area (Å²) in [5.41, 5.74) is 0.908. The predicted octanol–water partition coefficient (Wildman–Crippen LogP) is 5.68. The molecule has 0 radical (unpaired) electrons. The summed E-state index contributed by atoms with van der Waals surface area (Å²) < 4.78 is 20.5. The first-order valence-corrected chi connectivity index (χ1v) is 11.8. The van der Waals surface area contributed by atoms with Gasteiger partial charge in [0.05, 0.1) is 33.3 Å². The second-order valence-electron chi connectivity index (χ2n) is 7.26. The number of ether oxygens (including phenoxy) is 1. The van der Waals surface area contributed by atoms with Crippen molar-refractivity contribution in [3.8, 4) is 5.75 Å². The van der Waals surface area contributed by atoms with Crippen molar-refractivity contribution in [2.24, 2.45) is 0 Å². The van der Waals surface area contributed by atoms with Crippen LogP contribution < -0.4 is 9.64 Å². The van der Waals surface area contributed by atoms with E-state index in [2.05, 4.69) is 4.98 Å². The normalized spacial score (nSPS) is 16.1. The fourth-order valence-corrected chi connectivity index (χ4v) is 5.52. The van der Waals surface area contributed by atoms with Crippen LogP contribution in [0.3, 0.4) is 0 Å². The summed E-state index contributed by atoms with van der Waals surface area (Å²) in [6.45, 7) is 2.39. The van der Waals surface area contributed by atoms with Crippen LogP contribution in [0.15, 0.2) is 71.3 Å². The number of carbonyl (C=O) groups excluding carboxylic acids is 2. The first-order valence-electron chi connectivity index (χ1n) is 10.1. The van der Waals surface area contributed by atoms with Gasteiger partial charge >= 0.3 is 0 Å². The van der Waals surface area contributed by atoms with Crippen LogP contribution >= 0.6 is 22.7 Å². The van der Waals surface area contributed by atoms with E-state index in [9.17, 15) is 19.1 Å². The molecule has 1 N–H and O–H groups in total. The molecule has 0 saturated heterocycles. The number of aliphatic hydroxyl groups is 1. The molecule has 1 aliphatic heterocycles. The minimum Gasteiger partial charge on any atom is -0.503 e. The highest BCUT2D eigenvalue weighted by Crippen LogP contribution is 2.44. The van der Waals surface area contributed by atoms with Gasteiger partial charge in [0.15, 0.2) is 10.9 Å². The van der Waals surface area contributed by atoms with Gasteiger partial charge in [-0.3, -0.25) is 14.5 Å². The van der Waals surface area contributed by atoms with Gasteiger partial charge in [-0.15, -0.1) is 11.3 Å². The topological polar surface area (TPSA) is 79.7 Å². The van der Waals surface area contributed by atoms with Crippen molar-refractivity contribution >= 4 is 49.7 Å². The highest BCUT2D eigenvalue weighted by atomic mass is 32.1. The van der Waals surface area contributed by atoms with Crippen molar-refractivity contribution in [2.45, 2.75) is 13.0 Å². The SMILES string of the molecule is CCOc1ccc2nc(N3C(=O)C(O)=C(C(=O)c4cccs4)[C@H]3c3cccc(F)c3)sc2c1. The summed E-state index contributed by atoms with van der Waals surface area (Å²) in [5, 5.41) is 12.8. The average molecular weight is 481 g/mol. The Balaban J connectivity index is 1.65. The Kier molecular flexibility index (Phi) is 5.43. The lowest BCUT2D eigenvalue weighted by Gasteiger charge is -2.24. The number of aliphatic hydroxyl groups excluding tert-OH is 1. The zero-order valence-corrected chi connectivity index (χ0v) is 19.0. The van der Waals surface area contributed by atoms with Crippen molar-refractivity contribution in [1.29, 1.82) is 0 Å². The molecular weight excluding hydrogens is 463 g/mol. The van der Waals surface area contributed by atoms with Crippen molar-refractivity contribution in [3.05, 3.63) is 87.6 Å². The first kappa shape index (κ1) is 21.3. The third kappa shape index (κ3) is 3.69. The molecule has 4 aromatic rings. The van der Waals surface area contributed by atoms with E-state index in [0.29, 0.717) is 33.4 Å². The van der Waals surface area contributed by atoms with Gasteiger partial charge in [0, 0.05) is 0 Å². The van der Waals surface area contributed by atoms with Crippen molar-refractivity contribution in [1.82, 2.24) is 4.98 Å². The standard InChI is InChI=1S/C24H17FN2O4S2/c1-2-31-15-8-9-16-18(12-15)33-24(26-16)27-20(13-5-3-6-14(25)11-13)19(22(29)23(27)30)21(28)17-7-4-10-32-17/h3-12,20,29H,2H2,1H3/t20-/m1/s1. The Labute approximate surface area is 196 Å². The second kappa shape index (κ2) is 8.42. The summed E-state index contributed by atoms with van der Waals surface area (Å²) >= 11 is 2.43. The predicted molar refractivity (Wildman–Crippen MR) is 126 cm³/mol. The van der Waals surface area contributed by atoms with E-state index in [1.165, 1.54) is 45.8 Å². The maximum absolute atomic E-state index is 14.1. The fraction of sp³-hybridized carbons (Fsp3) is 0.125. The van der Waals surface area contributed by atoms with Gasteiger partial charge in [-0.25, -0.2) is 9.37 Å². The molecular formula is C24H17FN2O4S2. The number of rotatable bonds is 6. The summed E-state index contributed by atoms with van der Waals surface area (Å²) in [4.78, 5) is 32.7. The van der Waals surface area contributed by atoms with Crippen LogP contribution in [0, 0.1) is 5.82 Å². The largest absolute Gasteiger partial charge is 0.503 e. The molecule has 0 saturated carbocycles. The van der Waals surface area contributed by atoms with Crippen LogP contribution in [-0.2, 0) is 4.79 Å². The molecule has 2 aromatic heterocycles. The molecule has 6 nitrogen and oxygen atoms in total. The minimum absolute atomic E-state index is 0.0951. The maximum atomic E-state index is 14.1. The summed E-state index contributed by atoms with van der Waals surface area (Å²) in [7, 11) is 0. The molecule has 5 rings (SSSR count). The molecule has 1 aliphatic rings. The monoisotopic (exact) mass is 480 g/mol. The molecule has 0 fully saturated rings. The Morgan fingerprint density at radius 1 is 1.21 bits per heavy atom. The molecule has 166 valence electrons. The van der Waals surface area contributed by atoms with E-state index in [0.717, 1.165) is 4.70 Å². The lowest BCUT2D eigenvalue weighted by Crippen LogP contribution is -2.31. The molecule has 1 amide bonds. The lowest BCUT2D eigenvalue weighted by molar-refractivity contribution is -0.117. The third-order valence-electron chi connectivity index (χ3n) is 5.23. The Morgan fingerprint density at radius 2 is 2.06 bits per heavy atom. The van der Waals surface area contributed by atoms with Gasteiger partial charge in [0.25, 0.3) is 5.91 Å². The Morgan fingerprint density at radius 3 is 2.79 bits per heavy atom. The summed E-state index contributed by atoms with van der Waals surface area (Å²) in [6, 6.07) is 13.4. The number of carbonyl (C=O) groups is 2. The number of benzene rings is 2. The van der Waals surface area contributed by atoms with E-state index in [1.54, 1.807) is 35.7 Å². The number of thiophene rings is 1. The Bertz CT molecular complexity index is 1410. The molecule has 0 aliphatic carbocycles. The van der Waals surface area contributed by atoms with E-state index < -0.39 is 29.3 Å². The Hall–Kier alpha value is -3.56. The van der Waals surface area contributed by atoms with Gasteiger partial charge in [0.1, 0.15) is 11.6 Å². The quantitative estimate of drug-likeness (QED) is 0.359. The molecule has 33 heavy (non-hydrogen) atoms. The zero-order valence-electron chi connectivity index (χ0n) is 17.3. The van der Waals surface area contributed by atoms with Crippen LogP contribution in [0.4, 0.5) is 9.52 Å². The third-order valence-corrected chi connectivity index (χ3v) is 7.11. The number of aromatic nitrogens is 1. The first-order chi connectivity index (χ1) is 16.0. The van der Waals surface area contributed by atoms with Crippen LogP contribution in [0.25, 0.3) is 10.2 Å². The molecule has 2 aromatic carbocycles. The van der Waals surface area contributed by atoms with Crippen molar-refractivity contribution in [2.75, 3.05) is 11.5 Å². The maximum Gasteiger partial charge on any atom is 0.296 e. The van der Waals surface area contributed by atoms with Gasteiger partial charge < -0.3 is 9.84 Å². The van der Waals surface area contributed by atoms with Gasteiger partial charge in [0.2, 0.25) is 5.78 Å². The van der Waals surface area contributed by atoms with Crippen LogP contribution in [0.1, 0.15) is 28.2 Å². The minimum atomic E-state index is -1.02. The second-order valence-corrected chi connectivity index (χ2v) is 9.22. The number of hydrogen-bond donors (Lipinski definition) is 1. The van der Waals surface area contributed by atoms with Crippen molar-refractivity contribution in [3.63, 3.8) is 0 Å². The van der Waals surface area contributed by atoms with E-state index >= 15 is 0 Å². The zero-order chi connectivity index (χ0) is 23.1. The number of Topliss-reactive ketones (excluding diaryl/α,β-unsaturated/α-hetero) is 1. The molecule has 0 unspecified atom stereocenters. The number of amides is 1. The fourth-order valence-electron chi connectivity index (χ4n) is 3.82. The van der Waals surface area contributed by atoms with Crippen LogP contribution in [0.5, 0.6) is 5.75 Å². The number of fused-ring (bicyclic) bond motifs is 1. The molecule has 3 heterocycles.